The van der Waals surface area contributed by atoms with Crippen molar-refractivity contribution in [3.63, 3.8) is 0 Å². The molecule has 0 aliphatic heterocycles. The second-order valence-corrected chi connectivity index (χ2v) is 4.37. The Bertz CT molecular complexity index is 359. The van der Waals surface area contributed by atoms with Crippen LogP contribution in [0.15, 0.2) is 24.3 Å². The maximum Gasteiger partial charge on any atom is 0.239 e. The first-order valence-corrected chi connectivity index (χ1v) is 6.08. The molecule has 0 saturated carbocycles. The van der Waals surface area contributed by atoms with Crippen molar-refractivity contribution in [1.29, 1.82) is 0 Å². The van der Waals surface area contributed by atoms with Gasteiger partial charge in [0.25, 0.3) is 0 Å². The second kappa shape index (κ2) is 6.40. The lowest BCUT2D eigenvalue weighted by molar-refractivity contribution is -0.132. The third-order valence-corrected chi connectivity index (χ3v) is 3.03. The normalized spacial score (nSPS) is 12.2. The van der Waals surface area contributed by atoms with Crippen molar-refractivity contribution < 1.29 is 4.79 Å². The summed E-state index contributed by atoms with van der Waals surface area (Å²) in [6, 6.07) is 8.29. The van der Waals surface area contributed by atoms with Gasteiger partial charge in [-0.3, -0.25) is 4.79 Å². The van der Waals surface area contributed by atoms with Gasteiger partial charge in [0, 0.05) is 13.6 Å². The van der Waals surface area contributed by atoms with E-state index < -0.39 is 0 Å². The molecular weight excluding hydrogens is 212 g/mol. The first-order chi connectivity index (χ1) is 8.08. The Morgan fingerprint density at radius 3 is 2.29 bits per heavy atom. The van der Waals surface area contributed by atoms with Gasteiger partial charge in [-0.2, -0.15) is 0 Å². The van der Waals surface area contributed by atoms with E-state index in [4.69, 9.17) is 0 Å². The van der Waals surface area contributed by atoms with Crippen molar-refractivity contribution in [2.45, 2.75) is 32.9 Å². The SMILES string of the molecule is CCc1ccc(CN(C)C(=O)C(C)NC)cc1. The molecule has 3 heteroatoms. The molecule has 17 heavy (non-hydrogen) atoms. The van der Waals surface area contributed by atoms with Crippen LogP contribution < -0.4 is 5.32 Å². The van der Waals surface area contributed by atoms with Crippen molar-refractivity contribution in [3.05, 3.63) is 35.4 Å². The van der Waals surface area contributed by atoms with Crippen LogP contribution in [-0.4, -0.2) is 30.9 Å². The molecule has 0 saturated heterocycles. The fourth-order valence-electron chi connectivity index (χ4n) is 1.69. The Labute approximate surface area is 104 Å². The molecule has 94 valence electrons. The Hall–Kier alpha value is -1.35. The zero-order valence-corrected chi connectivity index (χ0v) is 11.2. The van der Waals surface area contributed by atoms with E-state index in [2.05, 4.69) is 36.5 Å². The molecule has 0 bridgehead atoms. The van der Waals surface area contributed by atoms with E-state index in [1.54, 1.807) is 11.9 Å². The molecule has 0 radical (unpaired) electrons. The molecule has 1 rings (SSSR count). The van der Waals surface area contributed by atoms with Gasteiger partial charge in [-0.1, -0.05) is 31.2 Å². The summed E-state index contributed by atoms with van der Waals surface area (Å²) in [5.74, 6) is 0.118. The summed E-state index contributed by atoms with van der Waals surface area (Å²) < 4.78 is 0. The Morgan fingerprint density at radius 2 is 1.82 bits per heavy atom. The average molecular weight is 234 g/mol. The number of nitrogens with zero attached hydrogens (tertiary/aromatic N) is 1. The highest BCUT2D eigenvalue weighted by atomic mass is 16.2. The van der Waals surface area contributed by atoms with Gasteiger partial charge in [-0.05, 0) is 31.5 Å². The van der Waals surface area contributed by atoms with Gasteiger partial charge in [0.15, 0.2) is 0 Å². The number of hydrogen-bond acceptors (Lipinski definition) is 2. The number of hydrogen-bond donors (Lipinski definition) is 1. The smallest absolute Gasteiger partial charge is 0.239 e. The maximum atomic E-state index is 11.9. The molecule has 0 spiro atoms. The molecule has 3 nitrogen and oxygen atoms in total. The molecule has 1 N–H and O–H groups in total. The number of carbonyl (C=O) groups excluding carboxylic acids is 1. The Kier molecular flexibility index (Phi) is 5.16. The molecular formula is C14H22N2O. The molecule has 0 aromatic heterocycles. The predicted molar refractivity (Wildman–Crippen MR) is 70.8 cm³/mol. The van der Waals surface area contributed by atoms with E-state index >= 15 is 0 Å². The molecule has 1 unspecified atom stereocenters. The van der Waals surface area contributed by atoms with Crippen molar-refractivity contribution in [3.8, 4) is 0 Å². The molecule has 0 heterocycles. The zero-order valence-electron chi connectivity index (χ0n) is 11.2. The van der Waals surface area contributed by atoms with Crippen LogP contribution in [0.1, 0.15) is 25.0 Å². The molecule has 1 aromatic rings. The highest BCUT2D eigenvalue weighted by Crippen LogP contribution is 2.08. The standard InChI is InChI=1S/C14H22N2O/c1-5-12-6-8-13(9-7-12)10-16(4)14(17)11(2)15-3/h6-9,11,15H,5,10H2,1-4H3. The van der Waals surface area contributed by atoms with Crippen LogP contribution in [0.5, 0.6) is 0 Å². The van der Waals surface area contributed by atoms with Crippen LogP contribution in [0.3, 0.4) is 0 Å². The highest BCUT2D eigenvalue weighted by molar-refractivity contribution is 5.81. The fraction of sp³-hybridized carbons (Fsp3) is 0.500. The lowest BCUT2D eigenvalue weighted by atomic mass is 10.1. The summed E-state index contributed by atoms with van der Waals surface area (Å²) in [7, 11) is 3.64. The van der Waals surface area contributed by atoms with Gasteiger partial charge in [0.05, 0.1) is 6.04 Å². The minimum atomic E-state index is -0.130. The number of carbonyl (C=O) groups is 1. The van der Waals surface area contributed by atoms with Crippen LogP contribution in [0, 0.1) is 0 Å². The van der Waals surface area contributed by atoms with Crippen LogP contribution in [0.4, 0.5) is 0 Å². The Balaban J connectivity index is 2.61. The van der Waals surface area contributed by atoms with Crippen LogP contribution in [0.2, 0.25) is 0 Å². The number of aryl methyl sites for hydroxylation is 1. The van der Waals surface area contributed by atoms with E-state index in [1.165, 1.54) is 11.1 Å². The number of rotatable bonds is 5. The minimum Gasteiger partial charge on any atom is -0.340 e. The third kappa shape index (κ3) is 3.86. The summed E-state index contributed by atoms with van der Waals surface area (Å²) in [4.78, 5) is 13.6. The van der Waals surface area contributed by atoms with Gasteiger partial charge in [-0.15, -0.1) is 0 Å². The Morgan fingerprint density at radius 1 is 1.29 bits per heavy atom. The van der Waals surface area contributed by atoms with E-state index in [1.807, 2.05) is 14.0 Å². The molecule has 0 aliphatic rings. The van der Waals surface area contributed by atoms with Gasteiger partial charge < -0.3 is 10.2 Å². The molecule has 0 fully saturated rings. The second-order valence-electron chi connectivity index (χ2n) is 4.37. The van der Waals surface area contributed by atoms with Crippen molar-refractivity contribution in [2.24, 2.45) is 0 Å². The number of benzene rings is 1. The predicted octanol–water partition coefficient (Wildman–Crippen LogP) is 1.82. The number of nitrogens with one attached hydrogen (secondary N) is 1. The molecule has 1 aromatic carbocycles. The summed E-state index contributed by atoms with van der Waals surface area (Å²) >= 11 is 0. The van der Waals surface area contributed by atoms with E-state index in [-0.39, 0.29) is 11.9 Å². The zero-order chi connectivity index (χ0) is 12.8. The average Bonchev–Trinajstić information content (AvgIpc) is 2.37. The van der Waals surface area contributed by atoms with Crippen molar-refractivity contribution in [2.75, 3.05) is 14.1 Å². The number of likely N-dealkylation sites (N-methyl/N-ethyl adjacent to an activating group) is 2. The third-order valence-electron chi connectivity index (χ3n) is 3.03. The quantitative estimate of drug-likeness (QED) is 0.843. The summed E-state index contributed by atoms with van der Waals surface area (Å²) in [6.45, 7) is 4.67. The lowest BCUT2D eigenvalue weighted by Gasteiger charge is -2.21. The van der Waals surface area contributed by atoms with Gasteiger partial charge >= 0.3 is 0 Å². The first kappa shape index (κ1) is 13.7. The first-order valence-electron chi connectivity index (χ1n) is 6.08. The van der Waals surface area contributed by atoms with Gasteiger partial charge in [0.1, 0.15) is 0 Å². The van der Waals surface area contributed by atoms with E-state index in [0.717, 1.165) is 6.42 Å². The van der Waals surface area contributed by atoms with E-state index in [0.29, 0.717) is 6.54 Å². The number of amides is 1. The van der Waals surface area contributed by atoms with Gasteiger partial charge in [-0.25, -0.2) is 0 Å². The van der Waals surface area contributed by atoms with Gasteiger partial charge in [0.2, 0.25) is 5.91 Å². The summed E-state index contributed by atoms with van der Waals surface area (Å²) in [5.41, 5.74) is 2.49. The lowest BCUT2D eigenvalue weighted by Crippen LogP contribution is -2.41. The molecule has 1 atom stereocenters. The minimum absolute atomic E-state index is 0.118. The fourth-order valence-corrected chi connectivity index (χ4v) is 1.69. The highest BCUT2D eigenvalue weighted by Gasteiger charge is 2.15. The van der Waals surface area contributed by atoms with Crippen LogP contribution >= 0.6 is 0 Å². The maximum absolute atomic E-state index is 11.9. The molecule has 1 amide bonds. The summed E-state index contributed by atoms with van der Waals surface area (Å²) in [6.07, 6.45) is 1.05. The van der Waals surface area contributed by atoms with Crippen molar-refractivity contribution >= 4 is 5.91 Å². The van der Waals surface area contributed by atoms with Crippen LogP contribution in [-0.2, 0) is 17.8 Å². The topological polar surface area (TPSA) is 32.3 Å². The van der Waals surface area contributed by atoms with Crippen LogP contribution in [0.25, 0.3) is 0 Å². The van der Waals surface area contributed by atoms with E-state index in [9.17, 15) is 4.79 Å². The monoisotopic (exact) mass is 234 g/mol. The largest absolute Gasteiger partial charge is 0.340 e. The molecule has 0 aliphatic carbocycles. The van der Waals surface area contributed by atoms with Crippen molar-refractivity contribution in [1.82, 2.24) is 10.2 Å². The summed E-state index contributed by atoms with van der Waals surface area (Å²) in [5, 5.41) is 2.96.